The molecule has 5 N–H and O–H groups in total. The largest absolute Gasteiger partial charge is 0.504 e. The summed E-state index contributed by atoms with van der Waals surface area (Å²) in [4.78, 5) is 33.3. The number of nitrogens with two attached hydrogens (primary N) is 1. The number of carbonyl (C=O) groups excluding carboxylic acids is 2. The average molecular weight is 620 g/mol. The Morgan fingerprint density at radius 2 is 1.76 bits per heavy atom. The molecule has 0 fully saturated rings. The number of aromatic hydroxyl groups is 1. The first-order chi connectivity index (χ1) is 21.8. The Bertz CT molecular complexity index is 1310. The Balaban J connectivity index is 1.78. The van der Waals surface area contributed by atoms with Gasteiger partial charge in [-0.1, -0.05) is 71.3 Å². The van der Waals surface area contributed by atoms with Crippen molar-refractivity contribution in [2.24, 2.45) is 11.8 Å². The minimum Gasteiger partial charge on any atom is -0.504 e. The van der Waals surface area contributed by atoms with Gasteiger partial charge in [0.25, 0.3) is 0 Å². The van der Waals surface area contributed by atoms with Crippen LogP contribution in [0.4, 0.5) is 5.82 Å². The van der Waals surface area contributed by atoms with Crippen LogP contribution in [0.15, 0.2) is 48.8 Å². The van der Waals surface area contributed by atoms with Crippen molar-refractivity contribution >= 4 is 17.4 Å². The number of nitrogen functional groups attached to an aromatic ring is 1. The molecule has 0 aliphatic rings. The number of pyridine rings is 1. The third-order valence-corrected chi connectivity index (χ3v) is 8.77. The molecule has 0 spiro atoms. The van der Waals surface area contributed by atoms with Gasteiger partial charge >= 0.3 is 0 Å². The van der Waals surface area contributed by atoms with Gasteiger partial charge < -0.3 is 25.7 Å². The number of aromatic nitrogens is 2. The van der Waals surface area contributed by atoms with Crippen molar-refractivity contribution in [1.29, 1.82) is 0 Å². The maximum Gasteiger partial charge on any atom is 0.161 e. The van der Waals surface area contributed by atoms with Gasteiger partial charge in [0.15, 0.2) is 11.5 Å². The second-order valence-electron chi connectivity index (χ2n) is 12.4. The summed E-state index contributed by atoms with van der Waals surface area (Å²) in [6.07, 6.45) is 14.1. The summed E-state index contributed by atoms with van der Waals surface area (Å²) in [7, 11) is 1.49. The molecule has 0 aliphatic heterocycles. The highest BCUT2D eigenvalue weighted by molar-refractivity contribution is 5.99. The predicted molar refractivity (Wildman–Crippen MR) is 180 cm³/mol. The lowest BCUT2D eigenvalue weighted by molar-refractivity contribution is -0.127. The zero-order chi connectivity index (χ0) is 32.6. The lowest BCUT2D eigenvalue weighted by atomic mass is 9.78. The molecule has 2 heterocycles. The monoisotopic (exact) mass is 619 g/mol. The van der Waals surface area contributed by atoms with E-state index in [1.807, 2.05) is 30.5 Å². The van der Waals surface area contributed by atoms with Gasteiger partial charge in [-0.05, 0) is 66.1 Å². The Hall–Kier alpha value is -3.65. The number of ketones is 2. The molecule has 0 unspecified atom stereocenters. The molecule has 3 rings (SSSR count). The first-order valence-corrected chi connectivity index (χ1v) is 16.7. The molecule has 8 nitrogen and oxygen atoms in total. The third kappa shape index (κ3) is 11.3. The Kier molecular flexibility index (Phi) is 15.1. The fourth-order valence-electron chi connectivity index (χ4n) is 6.36. The SMILES string of the molecule is CCCCCC(CCCCC)CC(=O)CC(=O)CCc1cc(OC)c(O)c([C@@H](c2ccnc(N)c2)[C@H](CO)Cc2ccc[nH]2)c1. The van der Waals surface area contributed by atoms with Gasteiger partial charge in [0, 0.05) is 49.0 Å². The van der Waals surface area contributed by atoms with E-state index in [9.17, 15) is 19.8 Å². The number of unbranched alkanes of at least 4 members (excludes halogenated alkanes) is 4. The smallest absolute Gasteiger partial charge is 0.161 e. The van der Waals surface area contributed by atoms with Crippen molar-refractivity contribution in [3.05, 3.63) is 71.2 Å². The normalized spacial score (nSPS) is 12.7. The number of methoxy groups -OCH3 is 1. The van der Waals surface area contributed by atoms with Crippen molar-refractivity contribution < 1.29 is 24.5 Å². The van der Waals surface area contributed by atoms with E-state index < -0.39 is 5.92 Å². The minimum atomic E-state index is -0.438. The topological polar surface area (TPSA) is 139 Å². The molecule has 45 heavy (non-hydrogen) atoms. The zero-order valence-corrected chi connectivity index (χ0v) is 27.4. The lowest BCUT2D eigenvalue weighted by Gasteiger charge is -2.28. The molecule has 246 valence electrons. The number of phenols is 1. The number of nitrogens with zero attached hydrogens (tertiary/aromatic N) is 1. The van der Waals surface area contributed by atoms with Crippen LogP contribution in [0.1, 0.15) is 113 Å². The fraction of sp³-hybridized carbons (Fsp3) is 0.541. The quantitative estimate of drug-likeness (QED) is 0.0683. The Morgan fingerprint density at radius 1 is 1.02 bits per heavy atom. The van der Waals surface area contributed by atoms with Gasteiger partial charge in [0.1, 0.15) is 17.4 Å². The first kappa shape index (κ1) is 35.8. The molecule has 2 atom stereocenters. The molecule has 0 saturated carbocycles. The highest BCUT2D eigenvalue weighted by Crippen LogP contribution is 2.43. The number of hydrogen-bond donors (Lipinski definition) is 4. The number of aryl methyl sites for hydroxylation is 1. The fourth-order valence-corrected chi connectivity index (χ4v) is 6.36. The van der Waals surface area contributed by atoms with Crippen LogP contribution in [0, 0.1) is 11.8 Å². The highest BCUT2D eigenvalue weighted by Gasteiger charge is 2.30. The van der Waals surface area contributed by atoms with Crippen LogP contribution in [0.25, 0.3) is 0 Å². The molecule has 0 radical (unpaired) electrons. The van der Waals surface area contributed by atoms with Crippen molar-refractivity contribution in [2.75, 3.05) is 19.5 Å². The van der Waals surface area contributed by atoms with Crippen LogP contribution in [-0.2, 0) is 22.4 Å². The highest BCUT2D eigenvalue weighted by atomic mass is 16.5. The number of aromatic amines is 1. The summed E-state index contributed by atoms with van der Waals surface area (Å²) in [5.74, 6) is 0.175. The number of phenolic OH excluding ortho intramolecular Hbond substituents is 1. The summed E-state index contributed by atoms with van der Waals surface area (Å²) in [6, 6.07) is 11.1. The van der Waals surface area contributed by atoms with Crippen LogP contribution < -0.4 is 10.5 Å². The number of rotatable bonds is 22. The van der Waals surface area contributed by atoms with E-state index in [4.69, 9.17) is 10.5 Å². The second-order valence-corrected chi connectivity index (χ2v) is 12.4. The van der Waals surface area contributed by atoms with Gasteiger partial charge in [0.2, 0.25) is 0 Å². The molecule has 0 saturated heterocycles. The standard InChI is InChI=1S/C37H53N3O5/c1-4-6-8-11-26(12-9-7-5-2)19-32(43)24-31(42)15-14-27-20-33(37(44)34(21-27)45-3)36(28-16-18-40-35(38)23-28)29(25-41)22-30-13-10-17-39-30/h10,13,16-18,20-21,23,26,29,36,39,41,44H,4-9,11-12,14-15,19,22,24-25H2,1-3H3,(H2,38,40)/t29-,36-/m0/s1. The van der Waals surface area contributed by atoms with Crippen molar-refractivity contribution in [3.63, 3.8) is 0 Å². The van der Waals surface area contributed by atoms with Crippen molar-refractivity contribution in [3.8, 4) is 11.5 Å². The number of nitrogens with one attached hydrogen (secondary N) is 1. The van der Waals surface area contributed by atoms with Gasteiger partial charge in [-0.25, -0.2) is 4.98 Å². The molecule has 0 amide bonds. The van der Waals surface area contributed by atoms with Crippen molar-refractivity contribution in [1.82, 2.24) is 9.97 Å². The van der Waals surface area contributed by atoms with E-state index in [-0.39, 0.29) is 48.4 Å². The van der Waals surface area contributed by atoms with Gasteiger partial charge in [-0.3, -0.25) is 9.59 Å². The number of aliphatic hydroxyl groups is 1. The number of Topliss-reactive ketones (excluding diaryl/α,β-unsaturated/α-hetero) is 2. The maximum absolute atomic E-state index is 13.0. The van der Waals surface area contributed by atoms with Gasteiger partial charge in [0.05, 0.1) is 13.5 Å². The van der Waals surface area contributed by atoms with E-state index in [0.29, 0.717) is 36.6 Å². The van der Waals surface area contributed by atoms with Crippen LogP contribution >= 0.6 is 0 Å². The number of hydrogen-bond acceptors (Lipinski definition) is 7. The molecule has 8 heteroatoms. The van der Waals surface area contributed by atoms with Crippen LogP contribution in [0.2, 0.25) is 0 Å². The number of benzene rings is 1. The Labute approximate surface area is 268 Å². The molecule has 0 aliphatic carbocycles. The van der Waals surface area contributed by atoms with E-state index in [1.54, 1.807) is 18.3 Å². The van der Waals surface area contributed by atoms with E-state index >= 15 is 0 Å². The summed E-state index contributed by atoms with van der Waals surface area (Å²) >= 11 is 0. The van der Waals surface area contributed by atoms with Crippen LogP contribution in [0.3, 0.4) is 0 Å². The molecule has 3 aromatic rings. The summed E-state index contributed by atoms with van der Waals surface area (Å²) in [6.45, 7) is 4.23. The number of aliphatic hydroxyl groups excluding tert-OH is 1. The molecule has 2 aromatic heterocycles. The second kappa shape index (κ2) is 19.0. The molecular formula is C37H53N3O5. The lowest BCUT2D eigenvalue weighted by Crippen LogP contribution is -2.22. The molecule has 0 bridgehead atoms. The maximum atomic E-state index is 13.0. The van der Waals surface area contributed by atoms with E-state index in [0.717, 1.165) is 55.3 Å². The summed E-state index contributed by atoms with van der Waals surface area (Å²) in [5.41, 5.74) is 9.19. The molecular weight excluding hydrogens is 566 g/mol. The number of H-pyrrole nitrogens is 1. The summed E-state index contributed by atoms with van der Waals surface area (Å²) < 4.78 is 5.56. The average Bonchev–Trinajstić information content (AvgIpc) is 3.54. The van der Waals surface area contributed by atoms with Gasteiger partial charge in [-0.15, -0.1) is 0 Å². The van der Waals surface area contributed by atoms with Crippen LogP contribution in [-0.4, -0.2) is 45.5 Å². The number of carbonyl (C=O) groups is 2. The predicted octanol–water partition coefficient (Wildman–Crippen LogP) is 7.32. The third-order valence-electron chi connectivity index (χ3n) is 8.77. The number of anilines is 1. The van der Waals surface area contributed by atoms with E-state index in [1.165, 1.54) is 20.0 Å². The van der Waals surface area contributed by atoms with E-state index in [2.05, 4.69) is 23.8 Å². The molecule has 1 aromatic carbocycles. The minimum absolute atomic E-state index is 0.0229. The zero-order valence-electron chi connectivity index (χ0n) is 27.4. The van der Waals surface area contributed by atoms with Crippen LogP contribution in [0.5, 0.6) is 11.5 Å². The summed E-state index contributed by atoms with van der Waals surface area (Å²) in [5, 5.41) is 21.9. The Morgan fingerprint density at radius 3 is 2.36 bits per heavy atom. The van der Waals surface area contributed by atoms with Gasteiger partial charge in [-0.2, -0.15) is 0 Å². The number of ether oxygens (including phenoxy) is 1. The van der Waals surface area contributed by atoms with Crippen molar-refractivity contribution in [2.45, 2.75) is 103 Å². The first-order valence-electron chi connectivity index (χ1n) is 16.7.